The van der Waals surface area contributed by atoms with Crippen LogP contribution >= 0.6 is 34.8 Å². The number of halogens is 3. The number of hydrogen-bond donors (Lipinski definition) is 0. The van der Waals surface area contributed by atoms with Crippen LogP contribution in [0.25, 0.3) is 11.1 Å². The first-order chi connectivity index (χ1) is 8.99. The van der Waals surface area contributed by atoms with Crippen molar-refractivity contribution in [1.29, 1.82) is 0 Å². The smallest absolute Gasteiger partial charge is 0.0610 e. The van der Waals surface area contributed by atoms with Gasteiger partial charge in [0.25, 0.3) is 0 Å². The van der Waals surface area contributed by atoms with Gasteiger partial charge in [0.2, 0.25) is 0 Å². The van der Waals surface area contributed by atoms with Crippen molar-refractivity contribution in [1.82, 2.24) is 4.90 Å². The Labute approximate surface area is 127 Å². The van der Waals surface area contributed by atoms with Gasteiger partial charge in [0.05, 0.1) is 11.1 Å². The average molecular weight is 313 g/mol. The minimum Gasteiger partial charge on any atom is -0.299 e. The Balaban J connectivity index is 2.35. The van der Waals surface area contributed by atoms with Gasteiger partial charge in [-0.3, -0.25) is 4.90 Å². The second-order valence-corrected chi connectivity index (χ2v) is 6.23. The van der Waals surface area contributed by atoms with Crippen LogP contribution in [0.1, 0.15) is 17.2 Å². The predicted octanol–water partition coefficient (Wildman–Crippen LogP) is 5.28. The van der Waals surface area contributed by atoms with Crippen molar-refractivity contribution in [3.8, 4) is 11.1 Å². The zero-order valence-corrected chi connectivity index (χ0v) is 12.8. The van der Waals surface area contributed by atoms with E-state index in [-0.39, 0.29) is 6.04 Å². The van der Waals surface area contributed by atoms with Gasteiger partial charge in [-0.1, -0.05) is 40.9 Å². The van der Waals surface area contributed by atoms with Crippen LogP contribution in [0.4, 0.5) is 0 Å². The number of benzene rings is 2. The summed E-state index contributed by atoms with van der Waals surface area (Å²) in [6, 6.07) is 9.85. The van der Waals surface area contributed by atoms with Crippen molar-refractivity contribution in [2.45, 2.75) is 6.04 Å². The standard InChI is InChI=1S/C15H12Cl3N/c1-19(2)15-11-5-8(16)3-4-10(11)14-12(15)6-9(17)7-13(14)18/h3-7,15H,1-2H3. The Morgan fingerprint density at radius 1 is 0.895 bits per heavy atom. The van der Waals surface area contributed by atoms with Crippen LogP contribution in [-0.4, -0.2) is 19.0 Å². The first kappa shape index (κ1) is 13.3. The molecule has 4 heteroatoms. The molecule has 1 aliphatic rings. The average Bonchev–Trinajstić information content (AvgIpc) is 2.61. The lowest BCUT2D eigenvalue weighted by Gasteiger charge is -2.22. The second-order valence-electron chi connectivity index (χ2n) is 4.95. The van der Waals surface area contributed by atoms with Crippen LogP contribution in [0.3, 0.4) is 0 Å². The SMILES string of the molecule is CN(C)C1c2cc(Cl)ccc2-c2c(Cl)cc(Cl)cc21. The van der Waals surface area contributed by atoms with E-state index in [1.54, 1.807) is 6.07 Å². The molecule has 0 aromatic heterocycles. The number of nitrogens with zero attached hydrogens (tertiary/aromatic N) is 1. The van der Waals surface area contributed by atoms with Gasteiger partial charge >= 0.3 is 0 Å². The van der Waals surface area contributed by atoms with Crippen LogP contribution in [0, 0.1) is 0 Å². The Bertz CT molecular complexity index is 665. The highest BCUT2D eigenvalue weighted by atomic mass is 35.5. The summed E-state index contributed by atoms with van der Waals surface area (Å²) >= 11 is 18.6. The van der Waals surface area contributed by atoms with E-state index >= 15 is 0 Å². The molecule has 0 spiro atoms. The summed E-state index contributed by atoms with van der Waals surface area (Å²) in [5.41, 5.74) is 4.52. The Hall–Kier alpha value is -0.730. The fourth-order valence-corrected chi connectivity index (χ4v) is 3.60. The topological polar surface area (TPSA) is 3.24 Å². The van der Waals surface area contributed by atoms with Crippen molar-refractivity contribution < 1.29 is 0 Å². The summed E-state index contributed by atoms with van der Waals surface area (Å²) in [6.07, 6.45) is 0. The second kappa shape index (κ2) is 4.68. The van der Waals surface area contributed by atoms with Gasteiger partial charge in [0, 0.05) is 15.6 Å². The van der Waals surface area contributed by atoms with Gasteiger partial charge in [0.1, 0.15) is 0 Å². The lowest BCUT2D eigenvalue weighted by molar-refractivity contribution is 0.348. The molecule has 0 bridgehead atoms. The first-order valence-corrected chi connectivity index (χ1v) is 7.07. The molecule has 0 saturated heterocycles. The molecule has 0 aliphatic heterocycles. The molecule has 0 saturated carbocycles. The summed E-state index contributed by atoms with van der Waals surface area (Å²) in [7, 11) is 4.08. The first-order valence-electron chi connectivity index (χ1n) is 5.94. The Morgan fingerprint density at radius 3 is 2.26 bits per heavy atom. The maximum Gasteiger partial charge on any atom is 0.0610 e. The maximum absolute atomic E-state index is 6.38. The largest absolute Gasteiger partial charge is 0.299 e. The zero-order chi connectivity index (χ0) is 13.7. The molecule has 98 valence electrons. The maximum atomic E-state index is 6.38. The van der Waals surface area contributed by atoms with E-state index in [0.29, 0.717) is 10.0 Å². The molecule has 1 unspecified atom stereocenters. The number of hydrogen-bond acceptors (Lipinski definition) is 1. The third kappa shape index (κ3) is 2.05. The molecule has 19 heavy (non-hydrogen) atoms. The molecule has 1 nitrogen and oxygen atoms in total. The van der Waals surface area contributed by atoms with Crippen molar-refractivity contribution in [2.75, 3.05) is 14.1 Å². The lowest BCUT2D eigenvalue weighted by atomic mass is 10.0. The van der Waals surface area contributed by atoms with Gasteiger partial charge in [-0.2, -0.15) is 0 Å². The third-order valence-corrected chi connectivity index (χ3v) is 4.23. The van der Waals surface area contributed by atoms with Crippen LogP contribution in [0.15, 0.2) is 30.3 Å². The molecule has 2 aromatic carbocycles. The van der Waals surface area contributed by atoms with Crippen LogP contribution in [0.2, 0.25) is 15.1 Å². The molecule has 1 atom stereocenters. The molecular formula is C15H12Cl3N. The third-order valence-electron chi connectivity index (χ3n) is 3.47. The van der Waals surface area contributed by atoms with E-state index in [1.807, 2.05) is 38.4 Å². The fourth-order valence-electron chi connectivity index (χ4n) is 2.80. The zero-order valence-electron chi connectivity index (χ0n) is 10.5. The van der Waals surface area contributed by atoms with E-state index in [0.717, 1.165) is 21.7 Å². The number of rotatable bonds is 1. The predicted molar refractivity (Wildman–Crippen MR) is 82.4 cm³/mol. The van der Waals surface area contributed by atoms with Crippen molar-refractivity contribution >= 4 is 34.8 Å². The molecule has 3 rings (SSSR count). The van der Waals surface area contributed by atoms with Crippen molar-refractivity contribution in [3.05, 3.63) is 56.5 Å². The molecule has 0 N–H and O–H groups in total. The normalized spacial score (nSPS) is 16.6. The van der Waals surface area contributed by atoms with Gasteiger partial charge in [-0.25, -0.2) is 0 Å². The van der Waals surface area contributed by atoms with Crippen LogP contribution in [-0.2, 0) is 0 Å². The Morgan fingerprint density at radius 2 is 1.58 bits per heavy atom. The molecule has 1 aliphatic carbocycles. The summed E-state index contributed by atoms with van der Waals surface area (Å²) in [5, 5.41) is 2.09. The highest BCUT2D eigenvalue weighted by Gasteiger charge is 2.32. The van der Waals surface area contributed by atoms with Crippen molar-refractivity contribution in [2.24, 2.45) is 0 Å². The van der Waals surface area contributed by atoms with Gasteiger partial charge in [-0.05, 0) is 55.1 Å². The molecule has 0 radical (unpaired) electrons. The van der Waals surface area contributed by atoms with Gasteiger partial charge < -0.3 is 0 Å². The Kier molecular flexibility index (Phi) is 3.26. The lowest BCUT2D eigenvalue weighted by Crippen LogP contribution is -2.18. The summed E-state index contributed by atoms with van der Waals surface area (Å²) < 4.78 is 0. The molecular weight excluding hydrogens is 301 g/mol. The van der Waals surface area contributed by atoms with Gasteiger partial charge in [0.15, 0.2) is 0 Å². The van der Waals surface area contributed by atoms with E-state index < -0.39 is 0 Å². The minimum atomic E-state index is 0.139. The highest BCUT2D eigenvalue weighted by molar-refractivity contribution is 6.37. The minimum absolute atomic E-state index is 0.139. The molecule has 0 amide bonds. The molecule has 2 aromatic rings. The van der Waals surface area contributed by atoms with Crippen molar-refractivity contribution in [3.63, 3.8) is 0 Å². The van der Waals surface area contributed by atoms with Gasteiger partial charge in [-0.15, -0.1) is 0 Å². The quantitative estimate of drug-likeness (QED) is 0.692. The van der Waals surface area contributed by atoms with E-state index in [4.69, 9.17) is 34.8 Å². The molecule has 0 fully saturated rings. The van der Waals surface area contributed by atoms with E-state index in [2.05, 4.69) is 4.90 Å². The fraction of sp³-hybridized carbons (Fsp3) is 0.200. The monoisotopic (exact) mass is 311 g/mol. The molecule has 0 heterocycles. The summed E-state index contributed by atoms with van der Waals surface area (Å²) in [6.45, 7) is 0. The van der Waals surface area contributed by atoms with Crippen LogP contribution in [0.5, 0.6) is 0 Å². The summed E-state index contributed by atoms with van der Waals surface area (Å²) in [4.78, 5) is 2.15. The van der Waals surface area contributed by atoms with E-state index in [9.17, 15) is 0 Å². The summed E-state index contributed by atoms with van der Waals surface area (Å²) in [5.74, 6) is 0. The highest BCUT2D eigenvalue weighted by Crippen LogP contribution is 2.50. The number of fused-ring (bicyclic) bond motifs is 3. The van der Waals surface area contributed by atoms with E-state index in [1.165, 1.54) is 5.56 Å². The van der Waals surface area contributed by atoms with Crippen LogP contribution < -0.4 is 0 Å².